The van der Waals surface area contributed by atoms with Crippen molar-refractivity contribution in [3.63, 3.8) is 0 Å². The molecule has 2 rings (SSSR count). The minimum absolute atomic E-state index is 0.0591. The van der Waals surface area contributed by atoms with Gasteiger partial charge < -0.3 is 14.7 Å². The van der Waals surface area contributed by atoms with E-state index >= 15 is 0 Å². The first kappa shape index (κ1) is 14.2. The van der Waals surface area contributed by atoms with E-state index in [1.54, 1.807) is 19.0 Å². The lowest BCUT2D eigenvalue weighted by Crippen LogP contribution is -2.48. The van der Waals surface area contributed by atoms with Crippen molar-refractivity contribution in [2.45, 2.75) is 32.1 Å². The number of carbonyl (C=O) groups is 2. The van der Waals surface area contributed by atoms with Gasteiger partial charge in [-0.3, -0.25) is 4.79 Å². The number of hydrogen-bond acceptors (Lipinski definition) is 2. The fourth-order valence-corrected chi connectivity index (χ4v) is 2.97. The number of urea groups is 1. The molecule has 0 aromatic rings. The summed E-state index contributed by atoms with van der Waals surface area (Å²) in [5, 5.41) is 0. The average Bonchev–Trinajstić information content (AvgIpc) is 2.46. The summed E-state index contributed by atoms with van der Waals surface area (Å²) in [7, 11) is 3.54. The summed E-state index contributed by atoms with van der Waals surface area (Å²) in [5.74, 6) is 0.445. The predicted octanol–water partition coefficient (Wildman–Crippen LogP) is 1.39. The molecular weight excluding hydrogens is 242 g/mol. The van der Waals surface area contributed by atoms with Crippen LogP contribution in [0.3, 0.4) is 0 Å². The van der Waals surface area contributed by atoms with Gasteiger partial charge in [-0.2, -0.15) is 0 Å². The van der Waals surface area contributed by atoms with Crippen LogP contribution >= 0.6 is 0 Å². The summed E-state index contributed by atoms with van der Waals surface area (Å²) in [6, 6.07) is 0.0591. The Hall–Kier alpha value is -1.26. The molecule has 3 amide bonds. The van der Waals surface area contributed by atoms with Gasteiger partial charge in [0.1, 0.15) is 0 Å². The molecule has 2 aliphatic rings. The highest BCUT2D eigenvalue weighted by Gasteiger charge is 2.30. The molecule has 0 aromatic carbocycles. The Kier molecular flexibility index (Phi) is 4.66. The lowest BCUT2D eigenvalue weighted by atomic mass is 9.94. The Morgan fingerprint density at radius 1 is 0.895 bits per heavy atom. The van der Waals surface area contributed by atoms with Crippen LogP contribution in [0.5, 0.6) is 0 Å². The molecule has 2 aliphatic heterocycles. The van der Waals surface area contributed by atoms with Gasteiger partial charge in [0.05, 0.1) is 0 Å². The number of likely N-dealkylation sites (tertiary alicyclic amines) is 2. The van der Waals surface area contributed by atoms with Crippen molar-refractivity contribution < 1.29 is 9.59 Å². The number of rotatable bonds is 1. The van der Waals surface area contributed by atoms with Crippen molar-refractivity contribution in [1.82, 2.24) is 14.7 Å². The van der Waals surface area contributed by atoms with Crippen LogP contribution in [0.15, 0.2) is 0 Å². The van der Waals surface area contributed by atoms with Gasteiger partial charge in [0.25, 0.3) is 0 Å². The fraction of sp³-hybridized carbons (Fsp3) is 0.857. The molecule has 2 saturated heterocycles. The Morgan fingerprint density at radius 3 is 2.00 bits per heavy atom. The molecular formula is C14H25N3O2. The van der Waals surface area contributed by atoms with Gasteiger partial charge in [-0.15, -0.1) is 0 Å². The maximum atomic E-state index is 12.4. The summed E-state index contributed by atoms with van der Waals surface area (Å²) in [5.41, 5.74) is 0. The van der Waals surface area contributed by atoms with Gasteiger partial charge in [-0.25, -0.2) is 4.79 Å². The molecule has 0 unspecified atom stereocenters. The summed E-state index contributed by atoms with van der Waals surface area (Å²) in [6.07, 6.45) is 5.16. The van der Waals surface area contributed by atoms with Crippen LogP contribution in [0.1, 0.15) is 32.1 Å². The van der Waals surface area contributed by atoms with Gasteiger partial charge >= 0.3 is 6.03 Å². The van der Waals surface area contributed by atoms with E-state index < -0.39 is 0 Å². The van der Waals surface area contributed by atoms with Crippen LogP contribution in [-0.2, 0) is 4.79 Å². The Balaban J connectivity index is 1.82. The molecule has 5 heteroatoms. The van der Waals surface area contributed by atoms with Crippen LogP contribution in [0.4, 0.5) is 4.79 Å². The van der Waals surface area contributed by atoms with E-state index in [0.717, 1.165) is 38.8 Å². The maximum Gasteiger partial charge on any atom is 0.319 e. The molecule has 0 bridgehead atoms. The van der Waals surface area contributed by atoms with Crippen molar-refractivity contribution in [2.75, 3.05) is 40.3 Å². The standard InChI is InChI=1S/C14H25N3O2/c1-15(2)14(19)17-10-6-12(7-11-17)13(18)16-8-4-3-5-9-16/h12H,3-11H2,1-2H3. The first-order valence-electron chi connectivity index (χ1n) is 7.34. The van der Waals surface area contributed by atoms with Crippen molar-refractivity contribution in [3.05, 3.63) is 0 Å². The van der Waals surface area contributed by atoms with Crippen molar-refractivity contribution in [2.24, 2.45) is 5.92 Å². The summed E-state index contributed by atoms with van der Waals surface area (Å²) >= 11 is 0. The summed E-state index contributed by atoms with van der Waals surface area (Å²) in [4.78, 5) is 29.7. The molecule has 0 spiro atoms. The molecule has 0 aromatic heterocycles. The number of hydrogen-bond donors (Lipinski definition) is 0. The van der Waals surface area contributed by atoms with E-state index in [0.29, 0.717) is 19.0 Å². The highest BCUT2D eigenvalue weighted by Crippen LogP contribution is 2.22. The normalized spacial score (nSPS) is 21.4. The molecule has 0 aliphatic carbocycles. The van der Waals surface area contributed by atoms with Gasteiger partial charge in [0.15, 0.2) is 0 Å². The van der Waals surface area contributed by atoms with Crippen LogP contribution in [0.2, 0.25) is 0 Å². The molecule has 108 valence electrons. The molecule has 0 atom stereocenters. The largest absolute Gasteiger partial charge is 0.342 e. The number of piperidine rings is 2. The van der Waals surface area contributed by atoms with Crippen molar-refractivity contribution >= 4 is 11.9 Å². The second kappa shape index (κ2) is 6.26. The second-order valence-electron chi connectivity index (χ2n) is 5.82. The number of carbonyl (C=O) groups excluding carboxylic acids is 2. The van der Waals surface area contributed by atoms with Crippen molar-refractivity contribution in [3.8, 4) is 0 Å². The third kappa shape index (κ3) is 3.39. The number of nitrogens with zero attached hydrogens (tertiary/aromatic N) is 3. The zero-order valence-corrected chi connectivity index (χ0v) is 12.1. The molecule has 0 radical (unpaired) electrons. The zero-order chi connectivity index (χ0) is 13.8. The van der Waals surface area contributed by atoms with E-state index in [1.165, 1.54) is 6.42 Å². The van der Waals surface area contributed by atoms with E-state index in [1.807, 2.05) is 9.80 Å². The van der Waals surface area contributed by atoms with Crippen LogP contribution in [-0.4, -0.2) is 66.9 Å². The van der Waals surface area contributed by atoms with Crippen molar-refractivity contribution in [1.29, 1.82) is 0 Å². The lowest BCUT2D eigenvalue weighted by Gasteiger charge is -2.36. The van der Waals surface area contributed by atoms with E-state index in [-0.39, 0.29) is 11.9 Å². The highest BCUT2D eigenvalue weighted by molar-refractivity contribution is 5.80. The van der Waals surface area contributed by atoms with Gasteiger partial charge in [0, 0.05) is 46.2 Å². The fourth-order valence-electron chi connectivity index (χ4n) is 2.97. The second-order valence-corrected chi connectivity index (χ2v) is 5.82. The molecule has 2 fully saturated rings. The predicted molar refractivity (Wildman–Crippen MR) is 73.8 cm³/mol. The Morgan fingerprint density at radius 2 is 1.47 bits per heavy atom. The molecule has 0 saturated carbocycles. The molecule has 2 heterocycles. The lowest BCUT2D eigenvalue weighted by molar-refractivity contribution is -0.137. The highest BCUT2D eigenvalue weighted by atomic mass is 16.2. The van der Waals surface area contributed by atoms with E-state index in [9.17, 15) is 9.59 Å². The Bertz CT molecular complexity index is 330. The van der Waals surface area contributed by atoms with Crippen LogP contribution in [0, 0.1) is 5.92 Å². The summed E-state index contributed by atoms with van der Waals surface area (Å²) < 4.78 is 0. The van der Waals surface area contributed by atoms with Gasteiger partial charge in [0.2, 0.25) is 5.91 Å². The first-order valence-corrected chi connectivity index (χ1v) is 7.34. The molecule has 5 nitrogen and oxygen atoms in total. The maximum absolute atomic E-state index is 12.4. The van der Waals surface area contributed by atoms with Gasteiger partial charge in [-0.05, 0) is 32.1 Å². The van der Waals surface area contributed by atoms with Crippen LogP contribution in [0.25, 0.3) is 0 Å². The third-order valence-corrected chi connectivity index (χ3v) is 4.17. The monoisotopic (exact) mass is 267 g/mol. The quantitative estimate of drug-likeness (QED) is 0.720. The third-order valence-electron chi connectivity index (χ3n) is 4.17. The van der Waals surface area contributed by atoms with Crippen LogP contribution < -0.4 is 0 Å². The molecule has 0 N–H and O–H groups in total. The zero-order valence-electron chi connectivity index (χ0n) is 12.1. The first-order chi connectivity index (χ1) is 9.09. The van der Waals surface area contributed by atoms with Gasteiger partial charge in [-0.1, -0.05) is 0 Å². The minimum Gasteiger partial charge on any atom is -0.342 e. The minimum atomic E-state index is 0.0591. The van der Waals surface area contributed by atoms with E-state index in [4.69, 9.17) is 0 Å². The molecule has 19 heavy (non-hydrogen) atoms. The topological polar surface area (TPSA) is 43.9 Å². The number of amides is 3. The SMILES string of the molecule is CN(C)C(=O)N1CCC(C(=O)N2CCCCC2)CC1. The Labute approximate surface area is 115 Å². The van der Waals surface area contributed by atoms with E-state index in [2.05, 4.69) is 0 Å². The average molecular weight is 267 g/mol. The summed E-state index contributed by atoms with van der Waals surface area (Å²) in [6.45, 7) is 3.27. The smallest absolute Gasteiger partial charge is 0.319 e.